The van der Waals surface area contributed by atoms with Crippen molar-refractivity contribution in [1.82, 2.24) is 16.0 Å². The van der Waals surface area contributed by atoms with Gasteiger partial charge in [-0.3, -0.25) is 9.59 Å². The van der Waals surface area contributed by atoms with Crippen LogP contribution in [-0.4, -0.2) is 60.4 Å². The maximum atomic E-state index is 13.4. The molecule has 0 radical (unpaired) electrons. The fraction of sp³-hybridized carbons (Fsp3) is 0.667. The summed E-state index contributed by atoms with van der Waals surface area (Å²) in [6.45, 7) is 15.2. The van der Waals surface area contributed by atoms with Crippen molar-refractivity contribution in [2.24, 2.45) is 0 Å². The number of ether oxygens (including phenoxy) is 1. The first-order valence-corrected chi connectivity index (χ1v) is 13.1. The number of benzene rings is 1. The monoisotopic (exact) mass is 517 g/mol. The first-order valence-electron chi connectivity index (χ1n) is 13.1. The van der Waals surface area contributed by atoms with Gasteiger partial charge in [0, 0.05) is 6.54 Å². The highest BCUT2D eigenvalue weighted by atomic mass is 16.7. The molecular weight excluding hydrogens is 473 g/mol. The van der Waals surface area contributed by atoms with Crippen LogP contribution in [0.2, 0.25) is 0 Å². The Bertz CT molecular complexity index is 900. The highest BCUT2D eigenvalue weighted by Gasteiger charge is 2.54. The molecule has 9 nitrogen and oxygen atoms in total. The Labute approximate surface area is 221 Å². The molecule has 0 unspecified atom stereocenters. The summed E-state index contributed by atoms with van der Waals surface area (Å²) in [7, 11) is -0.684. The predicted octanol–water partition coefficient (Wildman–Crippen LogP) is 3.55. The van der Waals surface area contributed by atoms with E-state index in [4.69, 9.17) is 14.0 Å². The molecule has 1 saturated heterocycles. The predicted molar refractivity (Wildman–Crippen MR) is 144 cm³/mol. The van der Waals surface area contributed by atoms with E-state index in [9.17, 15) is 14.4 Å². The minimum Gasteiger partial charge on any atom is -0.444 e. The normalized spacial score (nSPS) is 18.0. The van der Waals surface area contributed by atoms with Crippen LogP contribution in [0.15, 0.2) is 30.3 Å². The molecule has 37 heavy (non-hydrogen) atoms. The van der Waals surface area contributed by atoms with Gasteiger partial charge in [-0.05, 0) is 80.2 Å². The van der Waals surface area contributed by atoms with E-state index in [1.54, 1.807) is 27.7 Å². The summed E-state index contributed by atoms with van der Waals surface area (Å²) in [6, 6.07) is 8.98. The molecule has 3 N–H and O–H groups in total. The van der Waals surface area contributed by atoms with E-state index < -0.39 is 47.9 Å². The Hall–Kier alpha value is -2.59. The second-order valence-electron chi connectivity index (χ2n) is 11.5. The van der Waals surface area contributed by atoms with Crippen LogP contribution in [-0.2, 0) is 30.1 Å². The molecular formula is C27H44BN3O6. The molecule has 0 bridgehead atoms. The maximum Gasteiger partial charge on any atom is 0.481 e. The van der Waals surface area contributed by atoms with Crippen molar-refractivity contribution < 1.29 is 28.4 Å². The van der Waals surface area contributed by atoms with Crippen LogP contribution in [0.3, 0.4) is 0 Å². The standard InChI is InChI=1S/C27H44BN3O6/c1-9-29-22(32)18-20(30-24(34)35-25(2,3)4)23(33)31-21(17-13-16-19-14-11-10-12-15-19)28-36-26(5,6)27(7,8)37-28/h10-12,14-15,20-21H,9,13,16-18H2,1-8H3,(H,29,32)(H,30,34)(H,31,33)/t20-,21+/m1/s1. The van der Waals surface area contributed by atoms with Gasteiger partial charge in [-0.1, -0.05) is 30.3 Å². The summed E-state index contributed by atoms with van der Waals surface area (Å²) in [4.78, 5) is 38.2. The van der Waals surface area contributed by atoms with E-state index in [1.807, 2.05) is 45.9 Å². The van der Waals surface area contributed by atoms with Gasteiger partial charge < -0.3 is 30.0 Å². The number of nitrogens with one attached hydrogen (secondary N) is 3. The molecule has 1 heterocycles. The molecule has 1 aliphatic rings. The van der Waals surface area contributed by atoms with Crippen LogP contribution in [0.25, 0.3) is 0 Å². The van der Waals surface area contributed by atoms with Gasteiger partial charge in [0.2, 0.25) is 11.8 Å². The summed E-state index contributed by atoms with van der Waals surface area (Å²) in [6.07, 6.45) is 1.19. The molecule has 0 saturated carbocycles. The van der Waals surface area contributed by atoms with Crippen molar-refractivity contribution in [2.75, 3.05) is 6.54 Å². The lowest BCUT2D eigenvalue weighted by atomic mass is 9.75. The number of carbonyl (C=O) groups is 3. The van der Waals surface area contributed by atoms with E-state index in [0.717, 1.165) is 12.8 Å². The number of carbonyl (C=O) groups excluding carboxylic acids is 3. The van der Waals surface area contributed by atoms with Crippen LogP contribution < -0.4 is 16.0 Å². The molecule has 206 valence electrons. The molecule has 2 rings (SSSR count). The summed E-state index contributed by atoms with van der Waals surface area (Å²) in [5, 5.41) is 8.23. The van der Waals surface area contributed by atoms with Crippen LogP contribution >= 0.6 is 0 Å². The maximum absolute atomic E-state index is 13.4. The van der Waals surface area contributed by atoms with E-state index in [-0.39, 0.29) is 12.3 Å². The van der Waals surface area contributed by atoms with Crippen molar-refractivity contribution in [2.45, 2.75) is 110 Å². The minimum absolute atomic E-state index is 0.223. The third-order valence-corrected chi connectivity index (χ3v) is 6.52. The fourth-order valence-corrected chi connectivity index (χ4v) is 3.90. The van der Waals surface area contributed by atoms with E-state index in [1.165, 1.54) is 5.56 Å². The van der Waals surface area contributed by atoms with Gasteiger partial charge in [-0.25, -0.2) is 4.79 Å². The first-order chi connectivity index (χ1) is 17.1. The summed E-state index contributed by atoms with van der Waals surface area (Å²) in [5.74, 6) is -1.35. The molecule has 0 aromatic heterocycles. The Morgan fingerprint density at radius 3 is 2.14 bits per heavy atom. The molecule has 10 heteroatoms. The molecule has 2 atom stereocenters. The second kappa shape index (κ2) is 12.8. The quantitative estimate of drug-likeness (QED) is 0.387. The van der Waals surface area contributed by atoms with Crippen molar-refractivity contribution in [3.8, 4) is 0 Å². The zero-order valence-electron chi connectivity index (χ0n) is 23.6. The molecule has 1 aromatic carbocycles. The fourth-order valence-electron chi connectivity index (χ4n) is 3.90. The summed E-state index contributed by atoms with van der Waals surface area (Å²) < 4.78 is 17.8. The van der Waals surface area contributed by atoms with Crippen LogP contribution in [0.4, 0.5) is 4.79 Å². The van der Waals surface area contributed by atoms with Gasteiger partial charge in [0.15, 0.2) is 0 Å². The number of alkyl carbamates (subject to hydrolysis) is 1. The van der Waals surface area contributed by atoms with Crippen molar-refractivity contribution in [3.05, 3.63) is 35.9 Å². The van der Waals surface area contributed by atoms with Gasteiger partial charge in [0.25, 0.3) is 0 Å². The average Bonchev–Trinajstić information content (AvgIpc) is 2.99. The third kappa shape index (κ3) is 9.66. The van der Waals surface area contributed by atoms with E-state index in [0.29, 0.717) is 13.0 Å². The first kappa shape index (κ1) is 30.6. The Balaban J connectivity index is 2.19. The second-order valence-corrected chi connectivity index (χ2v) is 11.5. The smallest absolute Gasteiger partial charge is 0.444 e. The third-order valence-electron chi connectivity index (χ3n) is 6.52. The molecule has 3 amide bonds. The highest BCUT2D eigenvalue weighted by Crippen LogP contribution is 2.38. The van der Waals surface area contributed by atoms with Crippen molar-refractivity contribution in [3.63, 3.8) is 0 Å². The number of amides is 3. The summed E-state index contributed by atoms with van der Waals surface area (Å²) >= 11 is 0. The van der Waals surface area contributed by atoms with Crippen LogP contribution in [0.5, 0.6) is 0 Å². The van der Waals surface area contributed by atoms with Crippen molar-refractivity contribution in [1.29, 1.82) is 0 Å². The number of hydrogen-bond acceptors (Lipinski definition) is 6. The van der Waals surface area contributed by atoms with Gasteiger partial charge >= 0.3 is 13.2 Å². The minimum atomic E-state index is -1.12. The lowest BCUT2D eigenvalue weighted by Gasteiger charge is -2.32. The lowest BCUT2D eigenvalue weighted by Crippen LogP contribution is -2.56. The Morgan fingerprint density at radius 2 is 1.59 bits per heavy atom. The summed E-state index contributed by atoms with van der Waals surface area (Å²) in [5.41, 5.74) is -0.702. The van der Waals surface area contributed by atoms with E-state index >= 15 is 0 Å². The van der Waals surface area contributed by atoms with Gasteiger partial charge in [0.1, 0.15) is 11.6 Å². The molecule has 0 aliphatic carbocycles. The molecule has 1 fully saturated rings. The highest BCUT2D eigenvalue weighted by molar-refractivity contribution is 6.48. The van der Waals surface area contributed by atoms with E-state index in [2.05, 4.69) is 28.1 Å². The average molecular weight is 517 g/mol. The Morgan fingerprint density at radius 1 is 1.00 bits per heavy atom. The number of aryl methyl sites for hydroxylation is 1. The number of hydrogen-bond donors (Lipinski definition) is 3. The van der Waals surface area contributed by atoms with Crippen LogP contribution in [0.1, 0.15) is 80.2 Å². The van der Waals surface area contributed by atoms with Crippen LogP contribution in [0, 0.1) is 0 Å². The molecule has 1 aliphatic heterocycles. The van der Waals surface area contributed by atoms with Gasteiger partial charge in [-0.15, -0.1) is 0 Å². The SMILES string of the molecule is CCNC(=O)C[C@@H](NC(=O)OC(C)(C)C)C(=O)N[C@@H](CCCc1ccccc1)B1OC(C)(C)C(C)(C)O1. The lowest BCUT2D eigenvalue weighted by molar-refractivity contribution is -0.128. The Kier molecular flexibility index (Phi) is 10.6. The topological polar surface area (TPSA) is 115 Å². The molecule has 0 spiro atoms. The zero-order chi connectivity index (χ0) is 27.9. The van der Waals surface area contributed by atoms with Crippen molar-refractivity contribution >= 4 is 25.0 Å². The van der Waals surface area contributed by atoms with Gasteiger partial charge in [0.05, 0.1) is 23.6 Å². The van der Waals surface area contributed by atoms with Gasteiger partial charge in [-0.2, -0.15) is 0 Å². The molecule has 1 aromatic rings. The zero-order valence-corrected chi connectivity index (χ0v) is 23.6. The largest absolute Gasteiger partial charge is 0.481 e. The number of rotatable bonds is 11.